The van der Waals surface area contributed by atoms with E-state index in [1.54, 1.807) is 12.1 Å². The molecule has 0 aliphatic carbocycles. The van der Waals surface area contributed by atoms with Crippen molar-refractivity contribution >= 4 is 5.91 Å². The standard InChI is InChI=1S/C12H19N3O2/c1-9(2)6-7-17-8-10-4-3-5-11(14-10)12(16)15-13/h3-5,9H,6-8,13H2,1-2H3,(H,15,16). The second-order valence-electron chi connectivity index (χ2n) is 4.22. The molecule has 1 rings (SSSR count). The van der Waals surface area contributed by atoms with Crippen LogP contribution < -0.4 is 11.3 Å². The van der Waals surface area contributed by atoms with Crippen molar-refractivity contribution in [2.75, 3.05) is 6.61 Å². The number of rotatable bonds is 6. The Balaban J connectivity index is 2.46. The highest BCUT2D eigenvalue weighted by molar-refractivity contribution is 5.91. The number of nitrogens with zero attached hydrogens (tertiary/aromatic N) is 1. The number of nitrogens with one attached hydrogen (secondary N) is 1. The Hall–Kier alpha value is -1.46. The van der Waals surface area contributed by atoms with Gasteiger partial charge < -0.3 is 4.74 Å². The van der Waals surface area contributed by atoms with Crippen molar-refractivity contribution in [1.82, 2.24) is 10.4 Å². The van der Waals surface area contributed by atoms with Gasteiger partial charge in [0.1, 0.15) is 5.69 Å². The van der Waals surface area contributed by atoms with E-state index in [9.17, 15) is 4.79 Å². The molecule has 0 aliphatic heterocycles. The molecular weight excluding hydrogens is 218 g/mol. The molecule has 0 spiro atoms. The van der Waals surface area contributed by atoms with Crippen molar-refractivity contribution in [3.8, 4) is 0 Å². The predicted molar refractivity (Wildman–Crippen MR) is 65.0 cm³/mol. The molecule has 0 fully saturated rings. The number of nitrogens with two attached hydrogens (primary N) is 1. The number of nitrogen functional groups attached to an aromatic ring is 1. The van der Waals surface area contributed by atoms with Crippen LogP contribution in [0.5, 0.6) is 0 Å². The van der Waals surface area contributed by atoms with Crippen LogP contribution in [0, 0.1) is 5.92 Å². The second-order valence-corrected chi connectivity index (χ2v) is 4.22. The number of pyridine rings is 1. The lowest BCUT2D eigenvalue weighted by Gasteiger charge is -2.06. The topological polar surface area (TPSA) is 77.2 Å². The van der Waals surface area contributed by atoms with Gasteiger partial charge in [-0.25, -0.2) is 10.8 Å². The maximum atomic E-state index is 11.2. The highest BCUT2D eigenvalue weighted by atomic mass is 16.5. The zero-order valence-electron chi connectivity index (χ0n) is 10.3. The first-order valence-electron chi connectivity index (χ1n) is 5.68. The Labute approximate surface area is 101 Å². The first kappa shape index (κ1) is 13.6. The summed E-state index contributed by atoms with van der Waals surface area (Å²) in [5.41, 5.74) is 3.08. The van der Waals surface area contributed by atoms with Gasteiger partial charge in [-0.2, -0.15) is 0 Å². The molecule has 0 saturated heterocycles. The van der Waals surface area contributed by atoms with E-state index in [2.05, 4.69) is 18.8 Å². The molecule has 1 aromatic rings. The normalized spacial score (nSPS) is 10.6. The summed E-state index contributed by atoms with van der Waals surface area (Å²) in [6.45, 7) is 5.41. The summed E-state index contributed by atoms with van der Waals surface area (Å²) in [5, 5.41) is 0. The van der Waals surface area contributed by atoms with Gasteiger partial charge in [0.2, 0.25) is 0 Å². The maximum absolute atomic E-state index is 11.2. The maximum Gasteiger partial charge on any atom is 0.283 e. The van der Waals surface area contributed by atoms with E-state index in [-0.39, 0.29) is 0 Å². The Kier molecular flexibility index (Phi) is 5.59. The van der Waals surface area contributed by atoms with E-state index in [0.717, 1.165) is 12.1 Å². The molecule has 0 unspecified atom stereocenters. The third-order valence-corrected chi connectivity index (χ3v) is 2.26. The minimum atomic E-state index is -0.394. The minimum absolute atomic E-state index is 0.303. The quantitative estimate of drug-likeness (QED) is 0.338. The monoisotopic (exact) mass is 237 g/mol. The number of ether oxygens (including phenoxy) is 1. The fourth-order valence-electron chi connectivity index (χ4n) is 1.26. The average Bonchev–Trinajstić information content (AvgIpc) is 2.34. The average molecular weight is 237 g/mol. The first-order valence-corrected chi connectivity index (χ1v) is 5.68. The van der Waals surface area contributed by atoms with Gasteiger partial charge in [-0.1, -0.05) is 19.9 Å². The van der Waals surface area contributed by atoms with Gasteiger partial charge in [0.15, 0.2) is 0 Å². The molecule has 94 valence electrons. The summed E-state index contributed by atoms with van der Waals surface area (Å²) >= 11 is 0. The van der Waals surface area contributed by atoms with E-state index >= 15 is 0 Å². The molecule has 0 aliphatic rings. The third-order valence-electron chi connectivity index (χ3n) is 2.26. The zero-order valence-corrected chi connectivity index (χ0v) is 10.3. The lowest BCUT2D eigenvalue weighted by atomic mass is 10.1. The van der Waals surface area contributed by atoms with Crippen molar-refractivity contribution in [3.63, 3.8) is 0 Å². The molecule has 17 heavy (non-hydrogen) atoms. The van der Waals surface area contributed by atoms with E-state index in [1.165, 1.54) is 0 Å². The molecule has 1 heterocycles. The number of carbonyl (C=O) groups excluding carboxylic acids is 1. The molecule has 1 aromatic heterocycles. The molecule has 1 amide bonds. The number of hydrogen-bond donors (Lipinski definition) is 2. The van der Waals surface area contributed by atoms with Gasteiger partial charge in [-0.15, -0.1) is 0 Å². The molecule has 5 heteroatoms. The van der Waals surface area contributed by atoms with Gasteiger partial charge in [-0.3, -0.25) is 10.2 Å². The van der Waals surface area contributed by atoms with Gasteiger partial charge in [0.25, 0.3) is 5.91 Å². The molecule has 0 atom stereocenters. The van der Waals surface area contributed by atoms with Crippen LogP contribution in [0.15, 0.2) is 18.2 Å². The van der Waals surface area contributed by atoms with Crippen LogP contribution in [0.4, 0.5) is 0 Å². The van der Waals surface area contributed by atoms with Crippen molar-refractivity contribution < 1.29 is 9.53 Å². The fourth-order valence-corrected chi connectivity index (χ4v) is 1.26. The summed E-state index contributed by atoms with van der Waals surface area (Å²) in [6.07, 6.45) is 1.02. The van der Waals surface area contributed by atoms with Gasteiger partial charge in [-0.05, 0) is 24.5 Å². The number of aromatic nitrogens is 1. The molecular formula is C12H19N3O2. The largest absolute Gasteiger partial charge is 0.375 e. The highest BCUT2D eigenvalue weighted by Gasteiger charge is 2.05. The highest BCUT2D eigenvalue weighted by Crippen LogP contribution is 2.04. The van der Waals surface area contributed by atoms with Gasteiger partial charge in [0, 0.05) is 6.61 Å². The van der Waals surface area contributed by atoms with Crippen LogP contribution >= 0.6 is 0 Å². The van der Waals surface area contributed by atoms with Crippen LogP contribution in [0.2, 0.25) is 0 Å². The molecule has 3 N–H and O–H groups in total. The minimum Gasteiger partial charge on any atom is -0.375 e. The molecule has 0 bridgehead atoms. The molecule has 0 radical (unpaired) electrons. The Morgan fingerprint density at radius 1 is 1.53 bits per heavy atom. The van der Waals surface area contributed by atoms with Crippen molar-refractivity contribution in [2.45, 2.75) is 26.9 Å². The van der Waals surface area contributed by atoms with E-state index in [1.807, 2.05) is 11.5 Å². The lowest BCUT2D eigenvalue weighted by Crippen LogP contribution is -2.30. The molecule has 5 nitrogen and oxygen atoms in total. The number of hydrazine groups is 1. The van der Waals surface area contributed by atoms with Crippen LogP contribution in [0.3, 0.4) is 0 Å². The van der Waals surface area contributed by atoms with E-state index in [4.69, 9.17) is 10.6 Å². The van der Waals surface area contributed by atoms with Crippen molar-refractivity contribution in [1.29, 1.82) is 0 Å². The van der Waals surface area contributed by atoms with Crippen molar-refractivity contribution in [2.24, 2.45) is 11.8 Å². The first-order chi connectivity index (χ1) is 8.13. The fraction of sp³-hybridized carbons (Fsp3) is 0.500. The van der Waals surface area contributed by atoms with Gasteiger partial charge >= 0.3 is 0 Å². The smallest absolute Gasteiger partial charge is 0.283 e. The van der Waals surface area contributed by atoms with E-state index < -0.39 is 5.91 Å². The van der Waals surface area contributed by atoms with E-state index in [0.29, 0.717) is 24.8 Å². The summed E-state index contributed by atoms with van der Waals surface area (Å²) in [5.74, 6) is 5.27. The van der Waals surface area contributed by atoms with Gasteiger partial charge in [0.05, 0.1) is 12.3 Å². The summed E-state index contributed by atoms with van der Waals surface area (Å²) in [6, 6.07) is 5.20. The summed E-state index contributed by atoms with van der Waals surface area (Å²) in [4.78, 5) is 15.4. The number of carbonyl (C=O) groups is 1. The van der Waals surface area contributed by atoms with Crippen LogP contribution in [-0.2, 0) is 11.3 Å². The SMILES string of the molecule is CC(C)CCOCc1cccc(C(=O)NN)n1. The predicted octanol–water partition coefficient (Wildman–Crippen LogP) is 1.25. The lowest BCUT2D eigenvalue weighted by molar-refractivity contribution is 0.0944. The molecule has 0 aromatic carbocycles. The van der Waals surface area contributed by atoms with Crippen LogP contribution in [-0.4, -0.2) is 17.5 Å². The number of amides is 1. The Morgan fingerprint density at radius 3 is 2.94 bits per heavy atom. The second kappa shape index (κ2) is 6.98. The molecule has 0 saturated carbocycles. The summed E-state index contributed by atoms with van der Waals surface area (Å²) < 4.78 is 5.47. The van der Waals surface area contributed by atoms with Crippen LogP contribution in [0.25, 0.3) is 0 Å². The van der Waals surface area contributed by atoms with Crippen molar-refractivity contribution in [3.05, 3.63) is 29.6 Å². The Bertz CT molecular complexity index is 367. The third kappa shape index (κ3) is 4.93. The van der Waals surface area contributed by atoms with Crippen LogP contribution in [0.1, 0.15) is 36.5 Å². The zero-order chi connectivity index (χ0) is 12.7. The Morgan fingerprint density at radius 2 is 2.29 bits per heavy atom. The number of hydrogen-bond acceptors (Lipinski definition) is 4. The summed E-state index contributed by atoms with van der Waals surface area (Å²) in [7, 11) is 0.